The standard InChI is InChI=1S/C9H12N6/c10-7-3-11-15(4-7)5-8-12-9(14-13-8)6-1-2-6/h3-4,6H,1-2,5,10H2,(H,12,13,14). The Morgan fingerprint density at radius 1 is 1.53 bits per heavy atom. The van der Waals surface area contributed by atoms with E-state index in [1.54, 1.807) is 17.1 Å². The van der Waals surface area contributed by atoms with Crippen LogP contribution in [0.5, 0.6) is 0 Å². The number of nitrogens with one attached hydrogen (secondary N) is 1. The highest BCUT2D eigenvalue weighted by Crippen LogP contribution is 2.37. The average molecular weight is 204 g/mol. The molecule has 3 rings (SSSR count). The monoisotopic (exact) mass is 204 g/mol. The summed E-state index contributed by atoms with van der Waals surface area (Å²) >= 11 is 0. The van der Waals surface area contributed by atoms with Gasteiger partial charge in [0.25, 0.3) is 0 Å². The second-order valence-electron chi connectivity index (χ2n) is 3.89. The second kappa shape index (κ2) is 3.08. The third kappa shape index (κ3) is 1.70. The maximum Gasteiger partial charge on any atom is 0.153 e. The predicted octanol–water partition coefficient (Wildman–Crippen LogP) is 0.509. The molecule has 0 spiro atoms. The van der Waals surface area contributed by atoms with Gasteiger partial charge in [-0.3, -0.25) is 9.78 Å². The molecule has 1 aliphatic rings. The Kier molecular flexibility index (Phi) is 1.74. The lowest BCUT2D eigenvalue weighted by Crippen LogP contribution is -2.01. The Balaban J connectivity index is 1.75. The summed E-state index contributed by atoms with van der Waals surface area (Å²) in [6.45, 7) is 0.594. The van der Waals surface area contributed by atoms with Gasteiger partial charge in [0.2, 0.25) is 0 Å². The molecule has 1 fully saturated rings. The van der Waals surface area contributed by atoms with Gasteiger partial charge in [0.15, 0.2) is 5.82 Å². The van der Waals surface area contributed by atoms with Gasteiger partial charge in [-0.1, -0.05) is 0 Å². The van der Waals surface area contributed by atoms with Gasteiger partial charge in [-0.05, 0) is 12.8 Å². The molecule has 0 bridgehead atoms. The average Bonchev–Trinajstić information content (AvgIpc) is 2.84. The molecule has 15 heavy (non-hydrogen) atoms. The highest BCUT2D eigenvalue weighted by molar-refractivity contribution is 5.30. The van der Waals surface area contributed by atoms with Crippen LogP contribution in [-0.2, 0) is 6.54 Å². The molecule has 0 radical (unpaired) electrons. The van der Waals surface area contributed by atoms with Gasteiger partial charge in [0.05, 0.1) is 11.9 Å². The van der Waals surface area contributed by atoms with Crippen LogP contribution in [0.2, 0.25) is 0 Å². The number of hydrogen-bond acceptors (Lipinski definition) is 4. The van der Waals surface area contributed by atoms with Crippen LogP contribution in [0.1, 0.15) is 30.4 Å². The number of anilines is 1. The van der Waals surface area contributed by atoms with Crippen LogP contribution in [-0.4, -0.2) is 25.0 Å². The Labute approximate surface area is 86.5 Å². The first-order chi connectivity index (χ1) is 7.31. The van der Waals surface area contributed by atoms with Crippen molar-refractivity contribution in [3.05, 3.63) is 24.0 Å². The Morgan fingerprint density at radius 3 is 3.07 bits per heavy atom. The largest absolute Gasteiger partial charge is 0.396 e. The van der Waals surface area contributed by atoms with Gasteiger partial charge in [0, 0.05) is 12.1 Å². The molecule has 1 saturated carbocycles. The molecule has 3 N–H and O–H groups in total. The molecule has 2 aromatic rings. The molecule has 0 aromatic carbocycles. The first kappa shape index (κ1) is 8.46. The van der Waals surface area contributed by atoms with Gasteiger partial charge in [-0.25, -0.2) is 4.98 Å². The van der Waals surface area contributed by atoms with Gasteiger partial charge < -0.3 is 5.73 Å². The van der Waals surface area contributed by atoms with Gasteiger partial charge in [0.1, 0.15) is 12.4 Å². The van der Waals surface area contributed by atoms with E-state index in [4.69, 9.17) is 5.73 Å². The van der Waals surface area contributed by atoms with Crippen molar-refractivity contribution in [2.75, 3.05) is 5.73 Å². The van der Waals surface area contributed by atoms with E-state index in [9.17, 15) is 0 Å². The van der Waals surface area contributed by atoms with Crippen molar-refractivity contribution >= 4 is 5.69 Å². The fourth-order valence-electron chi connectivity index (χ4n) is 1.52. The lowest BCUT2D eigenvalue weighted by atomic mass is 10.4. The highest BCUT2D eigenvalue weighted by Gasteiger charge is 2.27. The van der Waals surface area contributed by atoms with Crippen LogP contribution < -0.4 is 5.73 Å². The number of nitrogens with zero attached hydrogens (tertiary/aromatic N) is 4. The molecule has 0 saturated heterocycles. The highest BCUT2D eigenvalue weighted by atomic mass is 15.3. The van der Waals surface area contributed by atoms with Crippen molar-refractivity contribution in [1.29, 1.82) is 0 Å². The summed E-state index contributed by atoms with van der Waals surface area (Å²) in [5.41, 5.74) is 6.23. The first-order valence-corrected chi connectivity index (χ1v) is 5.00. The molecule has 0 atom stereocenters. The zero-order valence-electron chi connectivity index (χ0n) is 8.22. The molecule has 1 aliphatic carbocycles. The lowest BCUT2D eigenvalue weighted by Gasteiger charge is -1.95. The molecule has 0 aliphatic heterocycles. The summed E-state index contributed by atoms with van der Waals surface area (Å²) < 4.78 is 1.74. The zero-order chi connectivity index (χ0) is 10.3. The van der Waals surface area contributed by atoms with Crippen molar-refractivity contribution < 1.29 is 0 Å². The number of aromatic amines is 1. The van der Waals surface area contributed by atoms with Gasteiger partial charge in [-0.2, -0.15) is 10.2 Å². The van der Waals surface area contributed by atoms with Crippen LogP contribution in [0.25, 0.3) is 0 Å². The lowest BCUT2D eigenvalue weighted by molar-refractivity contribution is 0.657. The van der Waals surface area contributed by atoms with Crippen molar-refractivity contribution in [1.82, 2.24) is 25.0 Å². The molecule has 6 heteroatoms. The molecule has 2 aromatic heterocycles. The van der Waals surface area contributed by atoms with Crippen LogP contribution in [0.3, 0.4) is 0 Å². The van der Waals surface area contributed by atoms with Gasteiger partial charge >= 0.3 is 0 Å². The fourth-order valence-corrected chi connectivity index (χ4v) is 1.52. The molecule has 2 heterocycles. The number of rotatable bonds is 3. The predicted molar refractivity (Wildman–Crippen MR) is 54.1 cm³/mol. The van der Waals surface area contributed by atoms with Crippen LogP contribution in [0.4, 0.5) is 5.69 Å². The second-order valence-corrected chi connectivity index (χ2v) is 3.89. The topological polar surface area (TPSA) is 85.4 Å². The molecular formula is C9H12N6. The minimum atomic E-state index is 0.581. The van der Waals surface area contributed by atoms with E-state index in [2.05, 4.69) is 20.3 Å². The van der Waals surface area contributed by atoms with Crippen molar-refractivity contribution in [3.63, 3.8) is 0 Å². The number of H-pyrrole nitrogens is 1. The fraction of sp³-hybridized carbons (Fsp3) is 0.444. The van der Waals surface area contributed by atoms with Crippen LogP contribution in [0, 0.1) is 0 Å². The van der Waals surface area contributed by atoms with E-state index in [-0.39, 0.29) is 0 Å². The molecule has 0 amide bonds. The third-order valence-electron chi connectivity index (χ3n) is 2.46. The van der Waals surface area contributed by atoms with E-state index in [1.807, 2.05) is 0 Å². The maximum absolute atomic E-state index is 5.57. The van der Waals surface area contributed by atoms with Crippen LogP contribution in [0.15, 0.2) is 12.4 Å². The number of nitrogens with two attached hydrogens (primary N) is 1. The van der Waals surface area contributed by atoms with E-state index in [0.717, 1.165) is 11.6 Å². The minimum absolute atomic E-state index is 0.581. The Hall–Kier alpha value is -1.85. The summed E-state index contributed by atoms with van der Waals surface area (Å²) in [7, 11) is 0. The molecule has 0 unspecified atom stereocenters. The molecule has 6 nitrogen and oxygen atoms in total. The van der Waals surface area contributed by atoms with Crippen molar-refractivity contribution in [2.24, 2.45) is 0 Å². The SMILES string of the molecule is Nc1cnn(Cc2nc(C3CC3)n[nH]2)c1. The zero-order valence-corrected chi connectivity index (χ0v) is 8.22. The molecule has 78 valence electrons. The first-order valence-electron chi connectivity index (χ1n) is 5.00. The summed E-state index contributed by atoms with van der Waals surface area (Å²) in [5, 5.41) is 11.2. The summed E-state index contributed by atoms with van der Waals surface area (Å²) in [4.78, 5) is 4.41. The smallest absolute Gasteiger partial charge is 0.153 e. The van der Waals surface area contributed by atoms with E-state index >= 15 is 0 Å². The van der Waals surface area contributed by atoms with Gasteiger partial charge in [-0.15, -0.1) is 0 Å². The van der Waals surface area contributed by atoms with E-state index in [1.165, 1.54) is 12.8 Å². The summed E-state index contributed by atoms with van der Waals surface area (Å²) in [6.07, 6.45) is 5.83. The van der Waals surface area contributed by atoms with Crippen molar-refractivity contribution in [3.8, 4) is 0 Å². The number of nitrogen functional groups attached to an aromatic ring is 1. The third-order valence-corrected chi connectivity index (χ3v) is 2.46. The molecular weight excluding hydrogens is 192 g/mol. The van der Waals surface area contributed by atoms with Crippen molar-refractivity contribution in [2.45, 2.75) is 25.3 Å². The minimum Gasteiger partial charge on any atom is -0.396 e. The Morgan fingerprint density at radius 2 is 2.40 bits per heavy atom. The quantitative estimate of drug-likeness (QED) is 0.762. The number of hydrogen-bond donors (Lipinski definition) is 2. The normalized spacial score (nSPS) is 15.7. The van der Waals surface area contributed by atoms with Crippen LogP contribution >= 0.6 is 0 Å². The van der Waals surface area contributed by atoms with E-state index < -0.39 is 0 Å². The summed E-state index contributed by atoms with van der Waals surface area (Å²) in [6, 6.07) is 0. The maximum atomic E-state index is 5.57. The summed E-state index contributed by atoms with van der Waals surface area (Å²) in [5.74, 6) is 2.35. The number of aromatic nitrogens is 5. The Bertz CT molecular complexity index is 466. The van der Waals surface area contributed by atoms with E-state index in [0.29, 0.717) is 18.2 Å².